The van der Waals surface area contributed by atoms with Gasteiger partial charge in [-0.3, -0.25) is 4.68 Å². The molecular weight excluding hydrogens is 376 g/mol. The van der Waals surface area contributed by atoms with Gasteiger partial charge in [-0.15, -0.1) is 0 Å². The molecule has 0 atom stereocenters. The lowest BCUT2D eigenvalue weighted by atomic mass is 10.1. The summed E-state index contributed by atoms with van der Waals surface area (Å²) in [5, 5.41) is 8.73. The average molecular weight is 398 g/mol. The Balaban J connectivity index is 1.47. The van der Waals surface area contributed by atoms with Crippen LogP contribution < -0.4 is 9.64 Å². The third-order valence-electron chi connectivity index (χ3n) is 5.35. The maximum atomic E-state index is 5.65. The van der Waals surface area contributed by atoms with Crippen LogP contribution in [0, 0.1) is 11.8 Å². The first kappa shape index (κ1) is 18.3. The molecule has 0 radical (unpaired) electrons. The van der Waals surface area contributed by atoms with E-state index in [1.807, 2.05) is 50.0 Å². The number of methoxy groups -OCH3 is 1. The molecule has 5 rings (SSSR count). The molecule has 0 N–H and O–H groups in total. The maximum absolute atomic E-state index is 5.65. The number of aryl methyl sites for hydroxylation is 1. The fourth-order valence-corrected chi connectivity index (χ4v) is 3.79. The van der Waals surface area contributed by atoms with E-state index in [0.717, 1.165) is 52.4 Å². The summed E-state index contributed by atoms with van der Waals surface area (Å²) in [6, 6.07) is 6.06. The topological polar surface area (TPSA) is 60.5 Å². The van der Waals surface area contributed by atoms with Crippen molar-refractivity contribution in [1.29, 1.82) is 0 Å². The fourth-order valence-electron chi connectivity index (χ4n) is 3.79. The highest BCUT2D eigenvalue weighted by atomic mass is 16.5. The molecular formula is C23H22N6O. The van der Waals surface area contributed by atoms with Crippen LogP contribution in [-0.4, -0.2) is 44.6 Å². The van der Waals surface area contributed by atoms with Gasteiger partial charge in [-0.1, -0.05) is 11.8 Å². The average Bonchev–Trinajstić information content (AvgIpc) is 3.53. The van der Waals surface area contributed by atoms with E-state index >= 15 is 0 Å². The molecule has 0 spiro atoms. The fraction of sp³-hybridized carbons (Fsp3) is 0.261. The largest absolute Gasteiger partial charge is 0.494 e. The molecule has 1 saturated heterocycles. The van der Waals surface area contributed by atoms with E-state index in [1.165, 1.54) is 12.8 Å². The molecule has 0 saturated carbocycles. The van der Waals surface area contributed by atoms with Gasteiger partial charge in [-0.05, 0) is 31.0 Å². The van der Waals surface area contributed by atoms with Crippen LogP contribution in [-0.2, 0) is 7.05 Å². The zero-order chi connectivity index (χ0) is 20.5. The number of nitrogens with zero attached hydrogens (tertiary/aromatic N) is 6. The van der Waals surface area contributed by atoms with Gasteiger partial charge >= 0.3 is 0 Å². The summed E-state index contributed by atoms with van der Waals surface area (Å²) in [6.07, 6.45) is 11.8. The van der Waals surface area contributed by atoms with Crippen LogP contribution >= 0.6 is 0 Å². The van der Waals surface area contributed by atoms with E-state index in [4.69, 9.17) is 4.74 Å². The molecule has 0 amide bonds. The number of fused-ring (bicyclic) bond motifs is 1. The number of anilines is 1. The molecule has 7 heteroatoms. The van der Waals surface area contributed by atoms with Gasteiger partial charge in [0.05, 0.1) is 25.1 Å². The Morgan fingerprint density at radius 3 is 2.53 bits per heavy atom. The van der Waals surface area contributed by atoms with Crippen molar-refractivity contribution in [3.8, 4) is 28.7 Å². The van der Waals surface area contributed by atoms with Gasteiger partial charge in [0, 0.05) is 55.4 Å². The Morgan fingerprint density at radius 1 is 0.967 bits per heavy atom. The second kappa shape index (κ2) is 7.56. The Bertz CT molecular complexity index is 1250. The summed E-state index contributed by atoms with van der Waals surface area (Å²) in [5.74, 6) is 8.18. The number of hydrogen-bond acceptors (Lipinski definition) is 5. The van der Waals surface area contributed by atoms with Gasteiger partial charge in [-0.2, -0.15) is 10.2 Å². The SMILES string of the molecule is COc1cc(-c2cnn(C)c2)cn2ncc(C#Cc3ccc(N4CCCC4)nc3)c12. The van der Waals surface area contributed by atoms with E-state index in [-0.39, 0.29) is 0 Å². The van der Waals surface area contributed by atoms with Crippen molar-refractivity contribution < 1.29 is 4.74 Å². The molecule has 1 aliphatic rings. The van der Waals surface area contributed by atoms with Crippen molar-refractivity contribution in [1.82, 2.24) is 24.4 Å². The first-order valence-electron chi connectivity index (χ1n) is 9.99. The molecule has 0 unspecified atom stereocenters. The van der Waals surface area contributed by atoms with E-state index in [2.05, 4.69) is 31.9 Å². The lowest BCUT2D eigenvalue weighted by molar-refractivity contribution is 0.417. The van der Waals surface area contributed by atoms with Gasteiger partial charge in [0.25, 0.3) is 0 Å². The minimum absolute atomic E-state index is 0.723. The number of aromatic nitrogens is 5. The smallest absolute Gasteiger partial charge is 0.146 e. The standard InChI is InChI=1S/C23H22N6O/c1-27-15-20(14-25-27)19-11-21(30-2)23-18(13-26-29(23)16-19)7-5-17-6-8-22(24-12-17)28-9-3-4-10-28/h6,8,11-16H,3-4,9-10H2,1-2H3. The van der Waals surface area contributed by atoms with Gasteiger partial charge in [0.15, 0.2) is 0 Å². The third kappa shape index (κ3) is 3.37. The van der Waals surface area contributed by atoms with Crippen LogP contribution in [0.1, 0.15) is 24.0 Å². The Labute approximate surface area is 174 Å². The van der Waals surface area contributed by atoms with Crippen molar-refractivity contribution in [3.63, 3.8) is 0 Å². The number of pyridine rings is 2. The molecule has 4 aromatic rings. The maximum Gasteiger partial charge on any atom is 0.146 e. The summed E-state index contributed by atoms with van der Waals surface area (Å²) in [6.45, 7) is 2.17. The molecule has 4 aromatic heterocycles. The number of ether oxygens (including phenoxy) is 1. The van der Waals surface area contributed by atoms with Crippen LogP contribution in [0.25, 0.3) is 16.6 Å². The predicted molar refractivity (Wildman–Crippen MR) is 116 cm³/mol. The quantitative estimate of drug-likeness (QED) is 0.496. The highest BCUT2D eigenvalue weighted by Gasteiger charge is 2.14. The molecule has 0 aromatic carbocycles. The Hall–Kier alpha value is -3.79. The molecule has 5 heterocycles. The highest BCUT2D eigenvalue weighted by molar-refractivity contribution is 5.75. The van der Waals surface area contributed by atoms with Gasteiger partial charge in [-0.25, -0.2) is 9.50 Å². The van der Waals surface area contributed by atoms with E-state index in [0.29, 0.717) is 0 Å². The first-order chi connectivity index (χ1) is 14.7. The molecule has 7 nitrogen and oxygen atoms in total. The second-order valence-corrected chi connectivity index (χ2v) is 7.40. The van der Waals surface area contributed by atoms with Crippen LogP contribution in [0.3, 0.4) is 0 Å². The van der Waals surface area contributed by atoms with Gasteiger partial charge < -0.3 is 9.64 Å². The van der Waals surface area contributed by atoms with Gasteiger partial charge in [0.1, 0.15) is 17.1 Å². The van der Waals surface area contributed by atoms with Gasteiger partial charge in [0.2, 0.25) is 0 Å². The summed E-state index contributed by atoms with van der Waals surface area (Å²) < 4.78 is 9.22. The third-order valence-corrected chi connectivity index (χ3v) is 5.35. The monoisotopic (exact) mass is 398 g/mol. The molecule has 1 fully saturated rings. The highest BCUT2D eigenvalue weighted by Crippen LogP contribution is 2.29. The van der Waals surface area contributed by atoms with Crippen molar-refractivity contribution in [2.24, 2.45) is 7.05 Å². The minimum atomic E-state index is 0.723. The second-order valence-electron chi connectivity index (χ2n) is 7.40. The van der Waals surface area contributed by atoms with Crippen LogP contribution in [0.15, 0.2) is 49.2 Å². The lowest BCUT2D eigenvalue weighted by Gasteiger charge is -2.15. The van der Waals surface area contributed by atoms with Crippen LogP contribution in [0.5, 0.6) is 5.75 Å². The molecule has 0 aliphatic carbocycles. The zero-order valence-corrected chi connectivity index (χ0v) is 17.0. The normalized spacial score (nSPS) is 13.5. The molecule has 150 valence electrons. The summed E-state index contributed by atoms with van der Waals surface area (Å²) in [7, 11) is 3.56. The predicted octanol–water partition coefficient (Wildman–Crippen LogP) is 3.14. The molecule has 0 bridgehead atoms. The molecule has 1 aliphatic heterocycles. The van der Waals surface area contributed by atoms with Crippen LogP contribution in [0.2, 0.25) is 0 Å². The van der Waals surface area contributed by atoms with E-state index < -0.39 is 0 Å². The van der Waals surface area contributed by atoms with E-state index in [9.17, 15) is 0 Å². The van der Waals surface area contributed by atoms with E-state index in [1.54, 1.807) is 22.5 Å². The number of hydrogen-bond donors (Lipinski definition) is 0. The van der Waals surface area contributed by atoms with Crippen molar-refractivity contribution in [3.05, 3.63) is 60.3 Å². The lowest BCUT2D eigenvalue weighted by Crippen LogP contribution is -2.18. The summed E-state index contributed by atoms with van der Waals surface area (Å²) in [5.41, 5.74) is 4.53. The molecule has 30 heavy (non-hydrogen) atoms. The van der Waals surface area contributed by atoms with Crippen molar-refractivity contribution in [2.75, 3.05) is 25.1 Å². The Kier molecular flexibility index (Phi) is 4.60. The van der Waals surface area contributed by atoms with Crippen molar-refractivity contribution >= 4 is 11.3 Å². The minimum Gasteiger partial charge on any atom is -0.494 e. The summed E-state index contributed by atoms with van der Waals surface area (Å²) in [4.78, 5) is 6.89. The summed E-state index contributed by atoms with van der Waals surface area (Å²) >= 11 is 0. The Morgan fingerprint density at radius 2 is 1.83 bits per heavy atom. The van der Waals surface area contributed by atoms with Crippen molar-refractivity contribution in [2.45, 2.75) is 12.8 Å². The van der Waals surface area contributed by atoms with Crippen LogP contribution in [0.4, 0.5) is 5.82 Å². The first-order valence-corrected chi connectivity index (χ1v) is 9.99. The number of rotatable bonds is 3. The zero-order valence-electron chi connectivity index (χ0n) is 17.0.